The Morgan fingerprint density at radius 2 is 1.66 bits per heavy atom. The fourth-order valence-corrected chi connectivity index (χ4v) is 3.93. The van der Waals surface area contributed by atoms with Crippen molar-refractivity contribution in [2.45, 2.75) is 65.5 Å². The van der Waals surface area contributed by atoms with Crippen LogP contribution in [0.3, 0.4) is 0 Å². The standard InChI is InChI=1S/C24H38N2O6/c1-15(2)19-18(29-6)13-17(20(30-7)21(19)31-8)14-25-22(27)16-9-11-26(12-10-16)23(28)32-24(3,4)5/h13,15-16H,9-12,14H2,1-8H3,(H,25,27). The molecule has 1 aromatic rings. The van der Waals surface area contributed by atoms with Gasteiger partial charge in [0, 0.05) is 36.7 Å². The Morgan fingerprint density at radius 3 is 2.12 bits per heavy atom. The normalized spacial score (nSPS) is 14.8. The van der Waals surface area contributed by atoms with E-state index < -0.39 is 5.60 Å². The summed E-state index contributed by atoms with van der Waals surface area (Å²) in [5.41, 5.74) is 1.18. The molecule has 8 nitrogen and oxygen atoms in total. The van der Waals surface area contributed by atoms with Gasteiger partial charge in [0.1, 0.15) is 11.4 Å². The van der Waals surface area contributed by atoms with Crippen molar-refractivity contribution in [3.05, 3.63) is 17.2 Å². The van der Waals surface area contributed by atoms with Crippen LogP contribution in [0.15, 0.2) is 6.07 Å². The number of nitrogens with zero attached hydrogens (tertiary/aromatic N) is 1. The third-order valence-electron chi connectivity index (χ3n) is 5.49. The van der Waals surface area contributed by atoms with Crippen LogP contribution in [0.25, 0.3) is 0 Å². The molecule has 0 aromatic heterocycles. The maximum absolute atomic E-state index is 12.8. The van der Waals surface area contributed by atoms with Crippen LogP contribution in [0, 0.1) is 5.92 Å². The van der Waals surface area contributed by atoms with Gasteiger partial charge in [-0.1, -0.05) is 13.8 Å². The third kappa shape index (κ3) is 6.20. The van der Waals surface area contributed by atoms with Gasteiger partial charge >= 0.3 is 6.09 Å². The van der Waals surface area contributed by atoms with Gasteiger partial charge in [-0.15, -0.1) is 0 Å². The van der Waals surface area contributed by atoms with Crippen molar-refractivity contribution >= 4 is 12.0 Å². The number of likely N-dealkylation sites (tertiary alicyclic amines) is 1. The van der Waals surface area contributed by atoms with E-state index in [2.05, 4.69) is 19.2 Å². The molecule has 1 heterocycles. The fraction of sp³-hybridized carbons (Fsp3) is 0.667. The van der Waals surface area contributed by atoms with E-state index in [1.807, 2.05) is 26.8 Å². The van der Waals surface area contributed by atoms with Crippen molar-refractivity contribution in [1.82, 2.24) is 10.2 Å². The molecule has 0 bridgehead atoms. The van der Waals surface area contributed by atoms with E-state index in [4.69, 9.17) is 18.9 Å². The summed E-state index contributed by atoms with van der Waals surface area (Å²) in [6.07, 6.45) is 0.868. The Kier molecular flexibility index (Phi) is 8.64. The van der Waals surface area contributed by atoms with Gasteiger partial charge in [0.15, 0.2) is 11.5 Å². The van der Waals surface area contributed by atoms with Gasteiger partial charge in [-0.3, -0.25) is 4.79 Å². The number of ether oxygens (including phenoxy) is 4. The summed E-state index contributed by atoms with van der Waals surface area (Å²) < 4.78 is 22.3. The first-order valence-electron chi connectivity index (χ1n) is 11.1. The maximum atomic E-state index is 12.8. The highest BCUT2D eigenvalue weighted by Gasteiger charge is 2.30. The molecular formula is C24H38N2O6. The van der Waals surface area contributed by atoms with E-state index >= 15 is 0 Å². The van der Waals surface area contributed by atoms with Crippen LogP contribution in [-0.2, 0) is 16.1 Å². The number of benzene rings is 1. The number of hydrogen-bond donors (Lipinski definition) is 1. The predicted octanol–water partition coefficient (Wildman–Crippen LogP) is 4.10. The molecule has 1 aromatic carbocycles. The molecular weight excluding hydrogens is 412 g/mol. The second-order valence-electron chi connectivity index (χ2n) is 9.33. The zero-order valence-corrected chi connectivity index (χ0v) is 20.7. The molecule has 0 spiro atoms. The number of carbonyl (C=O) groups is 2. The first-order chi connectivity index (χ1) is 15.0. The van der Waals surface area contributed by atoms with E-state index in [1.54, 1.807) is 26.2 Å². The van der Waals surface area contributed by atoms with Gasteiger partial charge in [0.2, 0.25) is 5.91 Å². The topological polar surface area (TPSA) is 86.3 Å². The van der Waals surface area contributed by atoms with Gasteiger partial charge < -0.3 is 29.2 Å². The minimum Gasteiger partial charge on any atom is -0.496 e. The minimum atomic E-state index is -0.530. The van der Waals surface area contributed by atoms with Gasteiger partial charge in [-0.25, -0.2) is 4.79 Å². The van der Waals surface area contributed by atoms with E-state index in [0.717, 1.165) is 11.1 Å². The lowest BCUT2D eigenvalue weighted by Crippen LogP contribution is -2.44. The summed E-state index contributed by atoms with van der Waals surface area (Å²) in [5, 5.41) is 3.01. The van der Waals surface area contributed by atoms with E-state index in [1.165, 1.54) is 0 Å². The summed E-state index contributed by atoms with van der Waals surface area (Å²) in [7, 11) is 4.81. The van der Waals surface area contributed by atoms with E-state index in [0.29, 0.717) is 49.7 Å². The number of methoxy groups -OCH3 is 3. The molecule has 1 aliphatic rings. The summed E-state index contributed by atoms with van der Waals surface area (Å²) in [5.74, 6) is 1.90. The van der Waals surface area contributed by atoms with Gasteiger partial charge in [0.05, 0.1) is 21.3 Å². The lowest BCUT2D eigenvalue weighted by molar-refractivity contribution is -0.126. The van der Waals surface area contributed by atoms with Crippen LogP contribution in [0.4, 0.5) is 4.79 Å². The quantitative estimate of drug-likeness (QED) is 0.673. The Morgan fingerprint density at radius 1 is 1.06 bits per heavy atom. The van der Waals surface area contributed by atoms with Gasteiger partial charge in [0.25, 0.3) is 0 Å². The van der Waals surface area contributed by atoms with Crippen molar-refractivity contribution < 1.29 is 28.5 Å². The molecule has 2 rings (SSSR count). The largest absolute Gasteiger partial charge is 0.496 e. The monoisotopic (exact) mass is 450 g/mol. The van der Waals surface area contributed by atoms with E-state index in [9.17, 15) is 9.59 Å². The Labute approximate surface area is 191 Å². The zero-order valence-electron chi connectivity index (χ0n) is 20.7. The van der Waals surface area contributed by atoms with Gasteiger partial charge in [-0.2, -0.15) is 0 Å². The van der Waals surface area contributed by atoms with Crippen LogP contribution < -0.4 is 19.5 Å². The fourth-order valence-electron chi connectivity index (χ4n) is 3.93. The van der Waals surface area contributed by atoms with Crippen molar-refractivity contribution in [3.63, 3.8) is 0 Å². The smallest absolute Gasteiger partial charge is 0.410 e. The lowest BCUT2D eigenvalue weighted by Gasteiger charge is -2.33. The number of piperidine rings is 1. The molecule has 0 unspecified atom stereocenters. The Balaban J connectivity index is 2.05. The Hall–Kier alpha value is -2.64. The number of nitrogens with one attached hydrogen (secondary N) is 1. The first kappa shape index (κ1) is 25.6. The van der Waals surface area contributed by atoms with Crippen LogP contribution in [0.1, 0.15) is 64.5 Å². The summed E-state index contributed by atoms with van der Waals surface area (Å²) in [6.45, 7) is 10.9. The average Bonchev–Trinajstić information content (AvgIpc) is 2.74. The van der Waals surface area contributed by atoms with Crippen LogP contribution in [0.2, 0.25) is 0 Å². The predicted molar refractivity (Wildman–Crippen MR) is 123 cm³/mol. The lowest BCUT2D eigenvalue weighted by atomic mass is 9.95. The Bertz CT molecular complexity index is 808. The van der Waals surface area contributed by atoms with Crippen molar-refractivity contribution in [2.75, 3.05) is 34.4 Å². The molecule has 0 saturated carbocycles. The zero-order chi connectivity index (χ0) is 24.1. The SMILES string of the molecule is COc1cc(CNC(=O)C2CCN(C(=O)OC(C)(C)C)CC2)c(OC)c(OC)c1C(C)C. The molecule has 1 aliphatic heterocycles. The van der Waals surface area contributed by atoms with Gasteiger partial charge in [-0.05, 0) is 45.6 Å². The van der Waals surface area contributed by atoms with Crippen molar-refractivity contribution in [3.8, 4) is 17.2 Å². The molecule has 8 heteroatoms. The molecule has 32 heavy (non-hydrogen) atoms. The molecule has 0 aliphatic carbocycles. The number of amides is 2. The van der Waals surface area contributed by atoms with Crippen LogP contribution in [0.5, 0.6) is 17.2 Å². The van der Waals surface area contributed by atoms with E-state index in [-0.39, 0.29) is 23.8 Å². The number of carbonyl (C=O) groups excluding carboxylic acids is 2. The molecule has 1 fully saturated rings. The molecule has 0 radical (unpaired) electrons. The minimum absolute atomic E-state index is 0.0400. The molecule has 1 saturated heterocycles. The molecule has 180 valence electrons. The highest BCUT2D eigenvalue weighted by Crippen LogP contribution is 2.44. The van der Waals surface area contributed by atoms with Crippen molar-refractivity contribution in [1.29, 1.82) is 0 Å². The van der Waals surface area contributed by atoms with Crippen molar-refractivity contribution in [2.24, 2.45) is 5.92 Å². The van der Waals surface area contributed by atoms with Crippen LogP contribution in [-0.4, -0.2) is 56.9 Å². The first-order valence-corrected chi connectivity index (χ1v) is 11.1. The number of rotatable bonds is 7. The summed E-state index contributed by atoms with van der Waals surface area (Å²) >= 11 is 0. The average molecular weight is 451 g/mol. The molecule has 0 atom stereocenters. The highest BCUT2D eigenvalue weighted by molar-refractivity contribution is 5.79. The third-order valence-corrected chi connectivity index (χ3v) is 5.49. The number of hydrogen-bond acceptors (Lipinski definition) is 6. The second kappa shape index (κ2) is 10.8. The second-order valence-corrected chi connectivity index (χ2v) is 9.33. The summed E-state index contributed by atoms with van der Waals surface area (Å²) in [6, 6.07) is 1.89. The highest BCUT2D eigenvalue weighted by atomic mass is 16.6. The summed E-state index contributed by atoms with van der Waals surface area (Å²) in [4.78, 5) is 26.7. The maximum Gasteiger partial charge on any atom is 0.410 e. The van der Waals surface area contributed by atoms with Crippen LogP contribution >= 0.6 is 0 Å². The molecule has 1 N–H and O–H groups in total. The molecule has 2 amide bonds.